The Labute approximate surface area is 132 Å². The lowest BCUT2D eigenvalue weighted by atomic mass is 10.1. The van der Waals surface area contributed by atoms with E-state index in [0.29, 0.717) is 22.1 Å². The fourth-order valence-electron chi connectivity index (χ4n) is 2.44. The van der Waals surface area contributed by atoms with Gasteiger partial charge >= 0.3 is 0 Å². The second-order valence-electron chi connectivity index (χ2n) is 5.76. The Hall–Kier alpha value is -1.95. The number of hydrogen-bond donors (Lipinski definition) is 1. The van der Waals surface area contributed by atoms with E-state index in [1.54, 1.807) is 6.92 Å². The molecule has 1 N–H and O–H groups in total. The van der Waals surface area contributed by atoms with Crippen LogP contribution in [0.5, 0.6) is 5.75 Å². The van der Waals surface area contributed by atoms with Gasteiger partial charge in [-0.2, -0.15) is 0 Å². The summed E-state index contributed by atoms with van der Waals surface area (Å²) in [5.74, 6) is 0.862. The summed E-state index contributed by atoms with van der Waals surface area (Å²) in [6, 6.07) is 2.56. The highest BCUT2D eigenvalue weighted by molar-refractivity contribution is 7.16. The molecule has 0 amide bonds. The second kappa shape index (κ2) is 6.04. The number of aromatic hydroxyl groups is 1. The molecule has 0 aromatic carbocycles. The number of Topliss-reactive ketones (excluding diaryl/α,β-unsaturated/α-hetero) is 1. The Morgan fingerprint density at radius 2 is 2.27 bits per heavy atom. The van der Waals surface area contributed by atoms with Crippen molar-refractivity contribution in [1.29, 1.82) is 0 Å². The first-order valence-electron chi connectivity index (χ1n) is 7.47. The van der Waals surface area contributed by atoms with Crippen LogP contribution in [0.2, 0.25) is 0 Å². The molecule has 3 rings (SSSR count). The summed E-state index contributed by atoms with van der Waals surface area (Å²) >= 11 is 1.24. The maximum absolute atomic E-state index is 12.3. The molecule has 2 heterocycles. The molecule has 2 aromatic rings. The third-order valence-electron chi connectivity index (χ3n) is 3.86. The molecule has 1 saturated carbocycles. The fraction of sp³-hybridized carbons (Fsp3) is 0.438. The number of aromatic nitrogens is 2. The lowest BCUT2D eigenvalue weighted by Crippen LogP contribution is -2.15. The predicted molar refractivity (Wildman–Crippen MR) is 85.0 cm³/mol. The largest absolute Gasteiger partial charge is 0.508 e. The number of rotatable bonds is 6. The predicted octanol–water partition coefficient (Wildman–Crippen LogP) is 3.07. The van der Waals surface area contributed by atoms with Crippen molar-refractivity contribution in [1.82, 2.24) is 9.55 Å². The zero-order valence-corrected chi connectivity index (χ0v) is 13.2. The monoisotopic (exact) mass is 318 g/mol. The quantitative estimate of drug-likeness (QED) is 0.831. The van der Waals surface area contributed by atoms with Crippen molar-refractivity contribution in [3.05, 3.63) is 39.3 Å². The van der Waals surface area contributed by atoms with E-state index in [9.17, 15) is 14.7 Å². The summed E-state index contributed by atoms with van der Waals surface area (Å²) in [6.07, 6.45) is 6.69. The highest BCUT2D eigenvalue weighted by Crippen LogP contribution is 2.34. The molecule has 0 radical (unpaired) electrons. The average molecular weight is 318 g/mol. The van der Waals surface area contributed by atoms with E-state index in [4.69, 9.17) is 0 Å². The van der Waals surface area contributed by atoms with Crippen LogP contribution in [-0.2, 0) is 0 Å². The van der Waals surface area contributed by atoms with Gasteiger partial charge in [-0.1, -0.05) is 30.6 Å². The maximum Gasteiger partial charge on any atom is 0.260 e. The minimum absolute atomic E-state index is 0.0779. The summed E-state index contributed by atoms with van der Waals surface area (Å²) < 4.78 is 1.35. The van der Waals surface area contributed by atoms with Crippen LogP contribution < -0.4 is 5.56 Å². The molecule has 1 fully saturated rings. The standard InChI is InChI=1S/C16H18N2O3S/c1-10-15(13(20)4-2-3-11-5-6-11)22-16(17-10)18-8-7-12(19)9-14(18)21/h7-9,11,19H,2-6H2,1H3. The first-order valence-corrected chi connectivity index (χ1v) is 8.29. The van der Waals surface area contributed by atoms with Crippen molar-refractivity contribution in [2.45, 2.75) is 39.0 Å². The third-order valence-corrected chi connectivity index (χ3v) is 5.06. The Balaban J connectivity index is 1.77. The topological polar surface area (TPSA) is 72.2 Å². The molecule has 116 valence electrons. The number of carbonyl (C=O) groups is 1. The van der Waals surface area contributed by atoms with E-state index in [0.717, 1.165) is 24.8 Å². The number of hydrogen-bond acceptors (Lipinski definition) is 5. The summed E-state index contributed by atoms with van der Waals surface area (Å²) in [7, 11) is 0. The van der Waals surface area contributed by atoms with Crippen LogP contribution in [0.1, 0.15) is 47.5 Å². The Morgan fingerprint density at radius 3 is 2.95 bits per heavy atom. The van der Waals surface area contributed by atoms with Gasteiger partial charge in [-0.25, -0.2) is 4.98 Å². The minimum Gasteiger partial charge on any atom is -0.508 e. The van der Waals surface area contributed by atoms with E-state index in [1.807, 2.05) is 0 Å². The molecule has 6 heteroatoms. The van der Waals surface area contributed by atoms with Crippen molar-refractivity contribution in [3.8, 4) is 10.9 Å². The molecule has 0 spiro atoms. The van der Waals surface area contributed by atoms with Gasteiger partial charge in [-0.15, -0.1) is 0 Å². The Kier molecular flexibility index (Phi) is 4.11. The van der Waals surface area contributed by atoms with Gasteiger partial charge in [-0.3, -0.25) is 14.2 Å². The summed E-state index contributed by atoms with van der Waals surface area (Å²) in [5.41, 5.74) is 0.304. The Morgan fingerprint density at radius 1 is 1.50 bits per heavy atom. The molecule has 0 bridgehead atoms. The number of thiazole rings is 1. The van der Waals surface area contributed by atoms with Crippen LogP contribution in [0.15, 0.2) is 23.1 Å². The molecule has 1 aliphatic carbocycles. The van der Waals surface area contributed by atoms with E-state index >= 15 is 0 Å². The van der Waals surface area contributed by atoms with Crippen molar-refractivity contribution in [3.63, 3.8) is 0 Å². The molecule has 0 aliphatic heterocycles. The lowest BCUT2D eigenvalue weighted by molar-refractivity contribution is 0.0982. The maximum atomic E-state index is 12.3. The number of aryl methyl sites for hydroxylation is 1. The van der Waals surface area contributed by atoms with E-state index in [-0.39, 0.29) is 17.1 Å². The summed E-state index contributed by atoms with van der Waals surface area (Å²) in [5, 5.41) is 9.76. The molecule has 22 heavy (non-hydrogen) atoms. The van der Waals surface area contributed by atoms with Crippen LogP contribution in [0.3, 0.4) is 0 Å². The van der Waals surface area contributed by atoms with Gasteiger partial charge in [0.05, 0.1) is 10.6 Å². The van der Waals surface area contributed by atoms with Crippen LogP contribution >= 0.6 is 11.3 Å². The average Bonchev–Trinajstić information content (AvgIpc) is 3.20. The van der Waals surface area contributed by atoms with Crippen LogP contribution in [0.25, 0.3) is 5.13 Å². The van der Waals surface area contributed by atoms with E-state index in [1.165, 1.54) is 41.0 Å². The van der Waals surface area contributed by atoms with E-state index < -0.39 is 0 Å². The van der Waals surface area contributed by atoms with Gasteiger partial charge in [0.2, 0.25) is 0 Å². The van der Waals surface area contributed by atoms with Gasteiger partial charge in [0.25, 0.3) is 5.56 Å². The van der Waals surface area contributed by atoms with Crippen LogP contribution in [0.4, 0.5) is 0 Å². The van der Waals surface area contributed by atoms with Crippen molar-refractivity contribution < 1.29 is 9.90 Å². The number of pyridine rings is 1. The number of carbonyl (C=O) groups excluding carboxylic acids is 1. The molecule has 1 aliphatic rings. The third kappa shape index (κ3) is 3.27. The summed E-state index contributed by atoms with van der Waals surface area (Å²) in [6.45, 7) is 1.79. The Bertz CT molecular complexity index is 759. The molecular formula is C16H18N2O3S. The SMILES string of the molecule is Cc1nc(-n2ccc(O)cc2=O)sc1C(=O)CCCC1CC1. The van der Waals surface area contributed by atoms with Crippen molar-refractivity contribution in [2.75, 3.05) is 0 Å². The zero-order valence-electron chi connectivity index (χ0n) is 12.4. The highest BCUT2D eigenvalue weighted by Gasteiger charge is 2.22. The van der Waals surface area contributed by atoms with Gasteiger partial charge in [0.1, 0.15) is 5.75 Å². The number of nitrogens with zero attached hydrogens (tertiary/aromatic N) is 2. The second-order valence-corrected chi connectivity index (χ2v) is 6.74. The molecule has 0 unspecified atom stereocenters. The van der Waals surface area contributed by atoms with Gasteiger partial charge in [-0.05, 0) is 25.3 Å². The summed E-state index contributed by atoms with van der Waals surface area (Å²) in [4.78, 5) is 29.1. The minimum atomic E-state index is -0.360. The van der Waals surface area contributed by atoms with Gasteiger partial charge < -0.3 is 5.11 Å². The molecule has 5 nitrogen and oxygen atoms in total. The molecular weight excluding hydrogens is 300 g/mol. The van der Waals surface area contributed by atoms with Crippen LogP contribution in [0, 0.1) is 12.8 Å². The molecule has 2 aromatic heterocycles. The smallest absolute Gasteiger partial charge is 0.260 e. The van der Waals surface area contributed by atoms with Gasteiger partial charge in [0, 0.05) is 18.7 Å². The normalized spacial score (nSPS) is 14.2. The lowest BCUT2D eigenvalue weighted by Gasteiger charge is -2.00. The first-order chi connectivity index (χ1) is 10.5. The molecule has 0 saturated heterocycles. The van der Waals surface area contributed by atoms with Crippen molar-refractivity contribution >= 4 is 17.1 Å². The zero-order chi connectivity index (χ0) is 15.7. The molecule has 0 atom stereocenters. The van der Waals surface area contributed by atoms with Crippen molar-refractivity contribution in [2.24, 2.45) is 5.92 Å². The highest BCUT2D eigenvalue weighted by atomic mass is 32.1. The van der Waals surface area contributed by atoms with E-state index in [2.05, 4.69) is 4.98 Å². The van der Waals surface area contributed by atoms with Crippen LogP contribution in [-0.4, -0.2) is 20.4 Å². The first kappa shape index (κ1) is 15.0. The fourth-order valence-corrected chi connectivity index (χ4v) is 3.47. The van der Waals surface area contributed by atoms with Gasteiger partial charge in [0.15, 0.2) is 10.9 Å². The number of ketones is 1.